The van der Waals surface area contributed by atoms with Gasteiger partial charge in [-0.05, 0) is 237 Å². The highest BCUT2D eigenvalue weighted by Gasteiger charge is 2.37. The maximum atomic E-state index is 2.48. The van der Waals surface area contributed by atoms with Crippen LogP contribution >= 0.6 is 0 Å². The van der Waals surface area contributed by atoms with E-state index < -0.39 is 0 Å². The first-order chi connectivity index (χ1) is 43.1. The summed E-state index contributed by atoms with van der Waals surface area (Å²) in [6.45, 7) is 9.63. The van der Waals surface area contributed by atoms with Crippen molar-refractivity contribution in [1.29, 1.82) is 0 Å². The maximum absolute atomic E-state index is 2.48. The van der Waals surface area contributed by atoms with Crippen LogP contribution in [0.25, 0.3) is 154 Å². The number of hydrogen-bond acceptors (Lipinski definition) is 0. The van der Waals surface area contributed by atoms with Crippen molar-refractivity contribution < 1.29 is 0 Å². The van der Waals surface area contributed by atoms with Crippen LogP contribution in [-0.4, -0.2) is 0 Å². The Morgan fingerprint density at radius 1 is 0.159 bits per heavy atom. The summed E-state index contributed by atoms with van der Waals surface area (Å²) in [7, 11) is 0. The summed E-state index contributed by atoms with van der Waals surface area (Å²) in [6.07, 6.45) is 0. The van der Waals surface area contributed by atoms with Gasteiger partial charge in [-0.2, -0.15) is 0 Å². The summed E-state index contributed by atoms with van der Waals surface area (Å²) in [5.41, 5.74) is 30.0. The normalized spacial score (nSPS) is 13.4. The average molecular weight is 1120 g/mol. The van der Waals surface area contributed by atoms with Gasteiger partial charge in [0.05, 0.1) is 0 Å². The quantitative estimate of drug-likeness (QED) is 0.142. The van der Waals surface area contributed by atoms with Crippen LogP contribution in [0.4, 0.5) is 0 Å². The third kappa shape index (κ3) is 8.35. The Kier molecular flexibility index (Phi) is 11.7. The Labute approximate surface area is 515 Å². The van der Waals surface area contributed by atoms with E-state index in [1.165, 1.54) is 177 Å². The van der Waals surface area contributed by atoms with E-state index in [1.54, 1.807) is 0 Å². The monoisotopic (exact) mass is 1120 g/mol. The number of hydrogen-bond donors (Lipinski definition) is 0. The van der Waals surface area contributed by atoms with Gasteiger partial charge in [0.25, 0.3) is 0 Å². The number of fused-ring (bicyclic) bond motifs is 10. The van der Waals surface area contributed by atoms with Crippen molar-refractivity contribution in [2.45, 2.75) is 38.5 Å². The predicted molar refractivity (Wildman–Crippen MR) is 375 cm³/mol. The van der Waals surface area contributed by atoms with Gasteiger partial charge >= 0.3 is 0 Å². The molecule has 0 aliphatic heterocycles. The van der Waals surface area contributed by atoms with Gasteiger partial charge in [0.2, 0.25) is 0 Å². The van der Waals surface area contributed by atoms with Gasteiger partial charge in [-0.1, -0.05) is 270 Å². The molecule has 15 aromatic rings. The first kappa shape index (κ1) is 51.7. The zero-order valence-electron chi connectivity index (χ0n) is 49.9. The minimum Gasteiger partial charge on any atom is -0.0616 e. The summed E-state index contributed by atoms with van der Waals surface area (Å²) in [4.78, 5) is 0. The van der Waals surface area contributed by atoms with Crippen molar-refractivity contribution >= 4 is 43.1 Å². The largest absolute Gasteiger partial charge is 0.0616 e. The van der Waals surface area contributed by atoms with Crippen LogP contribution in [0, 0.1) is 0 Å². The smallest absolute Gasteiger partial charge is 0.0159 e. The molecule has 0 nitrogen and oxygen atoms in total. The first-order valence-electron chi connectivity index (χ1n) is 31.0. The SMILES string of the molecule is CC1(C)c2cc(-c3ccc(-c4ccc5c(c4)C(C)(C)c4cc(-c6cc(-c7cccc8ccccc78)cc(-c7cccc8ccccc78)c6)ccc4-5)cc3)ccc2-c2ccc(-c3cc(-c4cccc5ccccc45)cc(-c4cccc5ccccc45)c3)cc21. The summed E-state index contributed by atoms with van der Waals surface area (Å²) in [6, 6.07) is 114. The molecule has 0 atom stereocenters. The van der Waals surface area contributed by atoms with E-state index in [4.69, 9.17) is 0 Å². The molecule has 0 aromatic heterocycles. The molecule has 0 heterocycles. The van der Waals surface area contributed by atoms with E-state index >= 15 is 0 Å². The third-order valence-corrected chi connectivity index (χ3v) is 19.8. The van der Waals surface area contributed by atoms with Crippen molar-refractivity contribution in [2.75, 3.05) is 0 Å². The van der Waals surface area contributed by atoms with Crippen molar-refractivity contribution in [3.8, 4) is 111 Å². The maximum Gasteiger partial charge on any atom is 0.0159 e. The Morgan fingerprint density at radius 3 is 0.648 bits per heavy atom. The summed E-state index contributed by atoms with van der Waals surface area (Å²) < 4.78 is 0. The lowest BCUT2D eigenvalue weighted by atomic mass is 9.80. The van der Waals surface area contributed by atoms with E-state index in [-0.39, 0.29) is 10.8 Å². The molecule has 414 valence electrons. The van der Waals surface area contributed by atoms with E-state index in [9.17, 15) is 0 Å². The average Bonchev–Trinajstić information content (AvgIpc) is 2.57. The van der Waals surface area contributed by atoms with E-state index in [0.717, 1.165) is 0 Å². The summed E-state index contributed by atoms with van der Waals surface area (Å²) in [5, 5.41) is 10.0. The van der Waals surface area contributed by atoms with Crippen LogP contribution in [0.15, 0.2) is 303 Å². The van der Waals surface area contributed by atoms with Gasteiger partial charge in [-0.3, -0.25) is 0 Å². The summed E-state index contributed by atoms with van der Waals surface area (Å²) >= 11 is 0. The Morgan fingerprint density at radius 2 is 0.375 bits per heavy atom. The summed E-state index contributed by atoms with van der Waals surface area (Å²) in [5.74, 6) is 0. The molecule has 88 heavy (non-hydrogen) atoms. The van der Waals surface area contributed by atoms with Gasteiger partial charge in [-0.25, -0.2) is 0 Å². The second-order valence-electron chi connectivity index (χ2n) is 25.6. The fourth-order valence-electron chi connectivity index (χ4n) is 15.2. The van der Waals surface area contributed by atoms with Crippen molar-refractivity contribution in [2.24, 2.45) is 0 Å². The molecule has 0 radical (unpaired) electrons. The third-order valence-electron chi connectivity index (χ3n) is 19.8. The lowest BCUT2D eigenvalue weighted by molar-refractivity contribution is 0.660. The molecule has 0 bridgehead atoms. The molecule has 0 amide bonds. The van der Waals surface area contributed by atoms with Crippen molar-refractivity contribution in [3.05, 3.63) is 326 Å². The number of rotatable bonds is 8. The standard InChI is InChI=1S/C88H62/c1-87(2)83-51-61(37-41-79(83)81-43-39-63(53-85(81)87)65-45-67(75-29-13-21-57-17-5-9-25-71(57)75)49-68(46-65)76-30-14-22-58-18-6-10-26-72(58)76)55-33-35-56(36-34-55)62-38-42-80-82-44-40-64(54-86(82)88(3,4)84(80)52-62)66-47-69(77-31-15-23-59-19-7-11-27-73(59)77)50-70(48-66)78-32-16-24-60-20-8-12-28-74(60)78/h5-54H,1-4H3. The lowest BCUT2D eigenvalue weighted by Gasteiger charge is -2.23. The lowest BCUT2D eigenvalue weighted by Crippen LogP contribution is -2.15. The zero-order valence-corrected chi connectivity index (χ0v) is 49.9. The fourth-order valence-corrected chi connectivity index (χ4v) is 15.2. The molecule has 2 aliphatic rings. The van der Waals surface area contributed by atoms with Gasteiger partial charge < -0.3 is 0 Å². The Balaban J connectivity index is 0.676. The van der Waals surface area contributed by atoms with Crippen molar-refractivity contribution in [3.63, 3.8) is 0 Å². The molecule has 17 rings (SSSR count). The van der Waals surface area contributed by atoms with Crippen LogP contribution in [0.1, 0.15) is 49.9 Å². The Bertz CT molecular complexity index is 4820. The molecule has 0 saturated carbocycles. The molecule has 0 heteroatoms. The highest BCUT2D eigenvalue weighted by atomic mass is 14.4. The zero-order chi connectivity index (χ0) is 58.8. The minimum atomic E-state index is -0.208. The van der Waals surface area contributed by atoms with Crippen LogP contribution < -0.4 is 0 Å². The molecule has 2 aliphatic carbocycles. The molecule has 15 aromatic carbocycles. The molecule has 0 N–H and O–H groups in total. The van der Waals surface area contributed by atoms with E-state index in [1.807, 2.05) is 0 Å². The van der Waals surface area contributed by atoms with E-state index in [0.29, 0.717) is 0 Å². The topological polar surface area (TPSA) is 0 Å². The van der Waals surface area contributed by atoms with Gasteiger partial charge in [-0.15, -0.1) is 0 Å². The Hall–Kier alpha value is -10.7. The fraction of sp³-hybridized carbons (Fsp3) is 0.0682. The highest BCUT2D eigenvalue weighted by molar-refractivity contribution is 6.04. The molecule has 0 saturated heterocycles. The van der Waals surface area contributed by atoms with E-state index in [2.05, 4.69) is 331 Å². The van der Waals surface area contributed by atoms with Crippen LogP contribution in [0.5, 0.6) is 0 Å². The molecule has 0 spiro atoms. The predicted octanol–water partition coefficient (Wildman–Crippen LogP) is 24.2. The van der Waals surface area contributed by atoms with Gasteiger partial charge in [0, 0.05) is 10.8 Å². The first-order valence-corrected chi connectivity index (χ1v) is 31.0. The van der Waals surface area contributed by atoms with Crippen LogP contribution in [0.3, 0.4) is 0 Å². The van der Waals surface area contributed by atoms with Crippen LogP contribution in [-0.2, 0) is 10.8 Å². The van der Waals surface area contributed by atoms with Crippen molar-refractivity contribution in [1.82, 2.24) is 0 Å². The molecular weight excluding hydrogens is 1060 g/mol. The molecule has 0 fully saturated rings. The highest BCUT2D eigenvalue weighted by Crippen LogP contribution is 2.53. The second-order valence-corrected chi connectivity index (χ2v) is 25.6. The second kappa shape index (κ2) is 20.0. The van der Waals surface area contributed by atoms with Gasteiger partial charge in [0.1, 0.15) is 0 Å². The number of benzene rings is 15. The van der Waals surface area contributed by atoms with Crippen LogP contribution in [0.2, 0.25) is 0 Å². The van der Waals surface area contributed by atoms with Gasteiger partial charge in [0.15, 0.2) is 0 Å². The minimum absolute atomic E-state index is 0.208. The molecule has 0 unspecified atom stereocenters. The molecular formula is C88H62.